The van der Waals surface area contributed by atoms with Crippen molar-refractivity contribution in [2.24, 2.45) is 0 Å². The highest BCUT2D eigenvalue weighted by molar-refractivity contribution is 5.71. The van der Waals surface area contributed by atoms with Gasteiger partial charge in [0, 0.05) is 6.04 Å². The van der Waals surface area contributed by atoms with E-state index in [1.54, 1.807) is 5.56 Å². The van der Waals surface area contributed by atoms with Gasteiger partial charge in [0.15, 0.2) is 0 Å². The smallest absolute Gasteiger partial charge is 0.0323 e. The van der Waals surface area contributed by atoms with E-state index in [0.717, 1.165) is 12.8 Å². The maximum absolute atomic E-state index is 3.44. The van der Waals surface area contributed by atoms with Gasteiger partial charge in [-0.1, -0.05) is 50.2 Å². The molecule has 2 aromatic carbocycles. The van der Waals surface area contributed by atoms with Crippen molar-refractivity contribution in [3.63, 3.8) is 0 Å². The molecule has 1 atom stereocenters. The molecule has 0 radical (unpaired) electrons. The van der Waals surface area contributed by atoms with E-state index in [9.17, 15) is 0 Å². The van der Waals surface area contributed by atoms with E-state index in [4.69, 9.17) is 0 Å². The summed E-state index contributed by atoms with van der Waals surface area (Å²) in [5.74, 6) is 0. The van der Waals surface area contributed by atoms with E-state index < -0.39 is 0 Å². The van der Waals surface area contributed by atoms with Gasteiger partial charge in [-0.15, -0.1) is 0 Å². The molecule has 0 spiro atoms. The Kier molecular flexibility index (Phi) is 4.12. The quantitative estimate of drug-likeness (QED) is 0.856. The van der Waals surface area contributed by atoms with Crippen LogP contribution >= 0.6 is 0 Å². The molecule has 0 aliphatic heterocycles. The van der Waals surface area contributed by atoms with Crippen LogP contribution in [0.1, 0.15) is 48.6 Å². The van der Waals surface area contributed by atoms with Crippen LogP contribution in [0.5, 0.6) is 0 Å². The van der Waals surface area contributed by atoms with E-state index in [-0.39, 0.29) is 0 Å². The second kappa shape index (κ2) is 6.03. The molecule has 110 valence electrons. The predicted octanol–water partition coefficient (Wildman–Crippen LogP) is 4.69. The van der Waals surface area contributed by atoms with Crippen molar-refractivity contribution in [3.8, 4) is 11.1 Å². The monoisotopic (exact) mass is 279 g/mol. The van der Waals surface area contributed by atoms with Crippen LogP contribution in [0.15, 0.2) is 36.4 Å². The minimum atomic E-state index is 0.528. The Morgan fingerprint density at radius 2 is 1.86 bits per heavy atom. The zero-order chi connectivity index (χ0) is 14.8. The molecule has 1 nitrogen and oxygen atoms in total. The number of benzene rings is 2. The van der Waals surface area contributed by atoms with Crippen LogP contribution in [0.25, 0.3) is 11.1 Å². The van der Waals surface area contributed by atoms with Crippen LogP contribution < -0.4 is 5.32 Å². The Bertz CT molecular complexity index is 642. The lowest BCUT2D eigenvalue weighted by Crippen LogP contribution is -2.12. The highest BCUT2D eigenvalue weighted by atomic mass is 14.9. The van der Waals surface area contributed by atoms with Gasteiger partial charge in [0.2, 0.25) is 0 Å². The Hall–Kier alpha value is -1.60. The van der Waals surface area contributed by atoms with Crippen LogP contribution in [0.2, 0.25) is 0 Å². The number of nitrogens with one attached hydrogen (secondary N) is 1. The summed E-state index contributed by atoms with van der Waals surface area (Å²) in [7, 11) is 2.07. The third kappa shape index (κ3) is 2.51. The fourth-order valence-corrected chi connectivity index (χ4v) is 3.69. The van der Waals surface area contributed by atoms with Crippen molar-refractivity contribution in [1.82, 2.24) is 5.32 Å². The van der Waals surface area contributed by atoms with Gasteiger partial charge in [-0.2, -0.15) is 0 Å². The van der Waals surface area contributed by atoms with Gasteiger partial charge in [0.25, 0.3) is 0 Å². The summed E-state index contributed by atoms with van der Waals surface area (Å²) >= 11 is 0. The minimum Gasteiger partial charge on any atom is -0.313 e. The number of rotatable bonds is 4. The van der Waals surface area contributed by atoms with E-state index in [0.29, 0.717) is 6.04 Å². The summed E-state index contributed by atoms with van der Waals surface area (Å²) in [5, 5.41) is 3.44. The molecule has 1 unspecified atom stereocenters. The van der Waals surface area contributed by atoms with Crippen molar-refractivity contribution in [1.29, 1.82) is 0 Å². The van der Waals surface area contributed by atoms with Crippen LogP contribution in [-0.4, -0.2) is 7.05 Å². The van der Waals surface area contributed by atoms with Crippen LogP contribution in [0.3, 0.4) is 0 Å². The predicted molar refractivity (Wildman–Crippen MR) is 90.8 cm³/mol. The first kappa shape index (κ1) is 14.3. The molecule has 0 amide bonds. The van der Waals surface area contributed by atoms with Crippen molar-refractivity contribution < 1.29 is 0 Å². The summed E-state index contributed by atoms with van der Waals surface area (Å²) in [6, 6.07) is 14.3. The molecule has 1 aliphatic carbocycles. The lowest BCUT2D eigenvalue weighted by molar-refractivity contribution is 0.590. The van der Waals surface area contributed by atoms with Crippen LogP contribution in [0, 0.1) is 0 Å². The average molecular weight is 279 g/mol. The Morgan fingerprint density at radius 1 is 1.05 bits per heavy atom. The first-order valence-corrected chi connectivity index (χ1v) is 8.19. The minimum absolute atomic E-state index is 0.528. The summed E-state index contributed by atoms with van der Waals surface area (Å²) in [6.07, 6.45) is 4.65. The lowest BCUT2D eigenvalue weighted by Gasteiger charge is -2.14. The molecule has 0 heterocycles. The molecular formula is C20H25N. The topological polar surface area (TPSA) is 12.0 Å². The summed E-state index contributed by atoms with van der Waals surface area (Å²) < 4.78 is 0. The summed E-state index contributed by atoms with van der Waals surface area (Å²) in [4.78, 5) is 0. The molecule has 0 saturated carbocycles. The molecule has 3 rings (SSSR count). The fraction of sp³-hybridized carbons (Fsp3) is 0.400. The Labute approximate surface area is 128 Å². The lowest BCUT2D eigenvalue weighted by atomic mass is 9.92. The Morgan fingerprint density at radius 3 is 2.57 bits per heavy atom. The molecular weight excluding hydrogens is 254 g/mol. The van der Waals surface area contributed by atoms with Gasteiger partial charge in [0.05, 0.1) is 0 Å². The third-order valence-electron chi connectivity index (χ3n) is 4.90. The normalized spacial score (nSPS) is 17.0. The average Bonchev–Trinajstić information content (AvgIpc) is 2.97. The van der Waals surface area contributed by atoms with Gasteiger partial charge in [-0.05, 0) is 66.1 Å². The van der Waals surface area contributed by atoms with Crippen molar-refractivity contribution in [3.05, 3.63) is 58.7 Å². The molecule has 0 saturated heterocycles. The fourth-order valence-electron chi connectivity index (χ4n) is 3.69. The molecule has 21 heavy (non-hydrogen) atoms. The zero-order valence-corrected chi connectivity index (χ0v) is 13.4. The molecule has 1 N–H and O–H groups in total. The highest BCUT2D eigenvalue weighted by Crippen LogP contribution is 2.38. The molecule has 0 aromatic heterocycles. The van der Waals surface area contributed by atoms with Gasteiger partial charge in [-0.3, -0.25) is 0 Å². The van der Waals surface area contributed by atoms with Crippen LogP contribution in [-0.2, 0) is 19.3 Å². The number of hydrogen-bond acceptors (Lipinski definition) is 1. The molecule has 0 fully saturated rings. The number of aryl methyl sites for hydroxylation is 2. The van der Waals surface area contributed by atoms with Gasteiger partial charge >= 0.3 is 0 Å². The summed E-state index contributed by atoms with van der Waals surface area (Å²) in [6.45, 7) is 4.50. The molecule has 0 bridgehead atoms. The SMILES string of the molecule is CCc1ccc(-c2cccc3c2CCC3NC)cc1CC. The van der Waals surface area contributed by atoms with E-state index in [2.05, 4.69) is 62.6 Å². The van der Waals surface area contributed by atoms with Gasteiger partial charge in [-0.25, -0.2) is 0 Å². The summed E-state index contributed by atoms with van der Waals surface area (Å²) in [5.41, 5.74) is 8.84. The zero-order valence-electron chi connectivity index (χ0n) is 13.4. The molecule has 1 heteroatoms. The van der Waals surface area contributed by atoms with Gasteiger partial charge < -0.3 is 5.32 Å². The van der Waals surface area contributed by atoms with Crippen molar-refractivity contribution >= 4 is 0 Å². The van der Waals surface area contributed by atoms with Gasteiger partial charge in [0.1, 0.15) is 0 Å². The first-order chi connectivity index (χ1) is 10.3. The maximum Gasteiger partial charge on any atom is 0.0323 e. The second-order valence-electron chi connectivity index (χ2n) is 5.94. The number of hydrogen-bond donors (Lipinski definition) is 1. The Balaban J connectivity index is 2.08. The standard InChI is InChI=1S/C20H25N/c1-4-14-9-10-16(13-15(14)5-2)17-7-6-8-19-18(17)11-12-20(19)21-3/h6-10,13,20-21H,4-5,11-12H2,1-3H3. The van der Waals surface area contributed by atoms with Crippen LogP contribution in [0.4, 0.5) is 0 Å². The van der Waals surface area contributed by atoms with Crippen molar-refractivity contribution in [2.45, 2.75) is 45.6 Å². The van der Waals surface area contributed by atoms with E-state index in [1.807, 2.05) is 0 Å². The third-order valence-corrected chi connectivity index (χ3v) is 4.90. The van der Waals surface area contributed by atoms with E-state index >= 15 is 0 Å². The first-order valence-electron chi connectivity index (χ1n) is 8.19. The highest BCUT2D eigenvalue weighted by Gasteiger charge is 2.23. The largest absolute Gasteiger partial charge is 0.313 e. The van der Waals surface area contributed by atoms with E-state index in [1.165, 1.54) is 40.7 Å². The molecule has 1 aliphatic rings. The second-order valence-corrected chi connectivity index (χ2v) is 5.94. The number of fused-ring (bicyclic) bond motifs is 1. The molecule has 2 aromatic rings. The van der Waals surface area contributed by atoms with Crippen molar-refractivity contribution in [2.75, 3.05) is 7.05 Å². The maximum atomic E-state index is 3.44.